The van der Waals surface area contributed by atoms with Crippen LogP contribution in [0.2, 0.25) is 5.02 Å². The molecular formula is C17H13ClN2O3. The Labute approximate surface area is 137 Å². The topological polar surface area (TPSA) is 64.4 Å². The van der Waals surface area contributed by atoms with E-state index < -0.39 is 6.09 Å². The van der Waals surface area contributed by atoms with Crippen molar-refractivity contribution in [3.63, 3.8) is 0 Å². The van der Waals surface area contributed by atoms with Gasteiger partial charge < -0.3 is 9.26 Å². The average molecular weight is 329 g/mol. The molecular weight excluding hydrogens is 316 g/mol. The Kier molecular flexibility index (Phi) is 4.59. The first kappa shape index (κ1) is 15.1. The summed E-state index contributed by atoms with van der Waals surface area (Å²) in [4.78, 5) is 11.9. The third kappa shape index (κ3) is 3.90. The van der Waals surface area contributed by atoms with Gasteiger partial charge in [-0.1, -0.05) is 59.2 Å². The van der Waals surface area contributed by atoms with Crippen LogP contribution in [0.1, 0.15) is 5.56 Å². The molecule has 3 rings (SSSR count). The lowest BCUT2D eigenvalue weighted by Gasteiger charge is -2.06. The molecule has 0 saturated carbocycles. The molecule has 0 spiro atoms. The Hall–Kier alpha value is -2.79. The van der Waals surface area contributed by atoms with Gasteiger partial charge in [0, 0.05) is 5.02 Å². The van der Waals surface area contributed by atoms with E-state index in [4.69, 9.17) is 20.9 Å². The first-order valence-corrected chi connectivity index (χ1v) is 7.28. The Morgan fingerprint density at radius 3 is 2.61 bits per heavy atom. The van der Waals surface area contributed by atoms with Crippen LogP contribution in [0.15, 0.2) is 65.3 Å². The summed E-state index contributed by atoms with van der Waals surface area (Å²) in [5, 5.41) is 6.89. The number of hydrogen-bond acceptors (Lipinski definition) is 4. The molecule has 0 bridgehead atoms. The molecule has 116 valence electrons. The predicted octanol–water partition coefficient (Wildman–Crippen LogP) is 4.74. The van der Waals surface area contributed by atoms with Gasteiger partial charge in [-0.15, -0.1) is 0 Å². The number of aromatic nitrogens is 1. The molecule has 5 nitrogen and oxygen atoms in total. The van der Waals surface area contributed by atoms with E-state index in [1.807, 2.05) is 42.5 Å². The highest BCUT2D eigenvalue weighted by atomic mass is 35.5. The zero-order valence-corrected chi connectivity index (χ0v) is 12.8. The number of carbonyl (C=O) groups is 1. The van der Waals surface area contributed by atoms with E-state index in [2.05, 4.69) is 10.5 Å². The number of amides is 1. The minimum atomic E-state index is -0.610. The highest BCUT2D eigenvalue weighted by Gasteiger charge is 2.14. The van der Waals surface area contributed by atoms with Crippen LogP contribution in [0.25, 0.3) is 11.1 Å². The van der Waals surface area contributed by atoms with Gasteiger partial charge in [-0.3, -0.25) is 5.32 Å². The fourth-order valence-electron chi connectivity index (χ4n) is 2.02. The smallest absolute Gasteiger partial charge is 0.414 e. The van der Waals surface area contributed by atoms with Crippen molar-refractivity contribution in [2.24, 2.45) is 0 Å². The molecule has 6 heteroatoms. The molecule has 0 unspecified atom stereocenters. The van der Waals surface area contributed by atoms with Gasteiger partial charge in [-0.2, -0.15) is 0 Å². The summed E-state index contributed by atoms with van der Waals surface area (Å²) in [7, 11) is 0. The van der Waals surface area contributed by atoms with Gasteiger partial charge in [-0.25, -0.2) is 4.79 Å². The van der Waals surface area contributed by atoms with Crippen LogP contribution in [0.5, 0.6) is 0 Å². The summed E-state index contributed by atoms with van der Waals surface area (Å²) in [6.07, 6.45) is 0.914. The molecule has 1 N–H and O–H groups in total. The predicted molar refractivity (Wildman–Crippen MR) is 87.2 cm³/mol. The highest BCUT2D eigenvalue weighted by Crippen LogP contribution is 2.28. The third-order valence-corrected chi connectivity index (χ3v) is 3.41. The molecule has 0 saturated heterocycles. The van der Waals surface area contributed by atoms with Crippen LogP contribution >= 0.6 is 11.6 Å². The molecule has 0 aliphatic rings. The minimum Gasteiger partial charge on any atom is -0.444 e. The minimum absolute atomic E-state index is 0.178. The fraction of sp³-hybridized carbons (Fsp3) is 0.0588. The number of ether oxygens (including phenoxy) is 1. The second-order valence-corrected chi connectivity index (χ2v) is 5.20. The molecule has 3 aromatic rings. The fourth-order valence-corrected chi connectivity index (χ4v) is 2.14. The van der Waals surface area contributed by atoms with Gasteiger partial charge in [0.1, 0.15) is 6.61 Å². The Bertz CT molecular complexity index is 785. The molecule has 0 aliphatic carbocycles. The number of anilines is 1. The van der Waals surface area contributed by atoms with Crippen LogP contribution < -0.4 is 5.32 Å². The van der Waals surface area contributed by atoms with E-state index in [9.17, 15) is 4.79 Å². The van der Waals surface area contributed by atoms with Gasteiger partial charge in [0.2, 0.25) is 5.88 Å². The summed E-state index contributed by atoms with van der Waals surface area (Å²) in [6, 6.07) is 16.5. The van der Waals surface area contributed by atoms with E-state index in [-0.39, 0.29) is 12.5 Å². The standard InChI is InChI=1S/C17H13ClN2O3/c18-14-8-6-13(7-9-14)15-10-19-23-16(15)20-17(21)22-11-12-4-2-1-3-5-12/h1-10H,11H2,(H,20,21). The van der Waals surface area contributed by atoms with Crippen molar-refractivity contribution in [2.45, 2.75) is 6.61 Å². The molecule has 1 aromatic heterocycles. The summed E-state index contributed by atoms with van der Waals surface area (Å²) < 4.78 is 10.2. The van der Waals surface area contributed by atoms with Crippen molar-refractivity contribution in [2.75, 3.05) is 5.32 Å². The van der Waals surface area contributed by atoms with Crippen molar-refractivity contribution in [3.05, 3.63) is 71.4 Å². The van der Waals surface area contributed by atoms with Crippen LogP contribution in [0.4, 0.5) is 10.7 Å². The maximum absolute atomic E-state index is 11.9. The molecule has 0 radical (unpaired) electrons. The molecule has 0 fully saturated rings. The van der Waals surface area contributed by atoms with Gasteiger partial charge in [0.25, 0.3) is 0 Å². The van der Waals surface area contributed by atoms with Gasteiger partial charge in [-0.05, 0) is 23.3 Å². The zero-order chi connectivity index (χ0) is 16.1. The summed E-state index contributed by atoms with van der Waals surface area (Å²) in [5.74, 6) is 0.227. The second kappa shape index (κ2) is 6.98. The van der Waals surface area contributed by atoms with E-state index in [1.165, 1.54) is 6.20 Å². The Morgan fingerprint density at radius 2 is 1.87 bits per heavy atom. The van der Waals surface area contributed by atoms with Crippen molar-refractivity contribution >= 4 is 23.6 Å². The molecule has 23 heavy (non-hydrogen) atoms. The van der Waals surface area contributed by atoms with Crippen molar-refractivity contribution in [1.82, 2.24) is 5.16 Å². The van der Waals surface area contributed by atoms with Gasteiger partial charge in [0.15, 0.2) is 0 Å². The van der Waals surface area contributed by atoms with E-state index in [0.717, 1.165) is 11.1 Å². The summed E-state index contributed by atoms with van der Waals surface area (Å²) in [5.41, 5.74) is 2.38. The maximum Gasteiger partial charge on any atom is 0.414 e. The van der Waals surface area contributed by atoms with Crippen molar-refractivity contribution < 1.29 is 14.1 Å². The van der Waals surface area contributed by atoms with E-state index >= 15 is 0 Å². The monoisotopic (exact) mass is 328 g/mol. The first-order valence-electron chi connectivity index (χ1n) is 6.91. The molecule has 2 aromatic carbocycles. The Morgan fingerprint density at radius 1 is 1.13 bits per heavy atom. The number of hydrogen-bond donors (Lipinski definition) is 1. The Balaban J connectivity index is 1.65. The van der Waals surface area contributed by atoms with Crippen LogP contribution in [0, 0.1) is 0 Å². The SMILES string of the molecule is O=C(Nc1oncc1-c1ccc(Cl)cc1)OCc1ccccc1. The number of halogens is 1. The number of carbonyl (C=O) groups excluding carboxylic acids is 1. The van der Waals surface area contributed by atoms with Crippen LogP contribution in [-0.2, 0) is 11.3 Å². The number of benzene rings is 2. The molecule has 0 aliphatic heterocycles. The van der Waals surface area contributed by atoms with Gasteiger partial charge in [0.05, 0.1) is 11.8 Å². The van der Waals surface area contributed by atoms with Crippen LogP contribution in [0.3, 0.4) is 0 Å². The normalized spacial score (nSPS) is 10.3. The largest absolute Gasteiger partial charge is 0.444 e. The first-order chi connectivity index (χ1) is 11.2. The summed E-state index contributed by atoms with van der Waals surface area (Å²) >= 11 is 5.87. The number of rotatable bonds is 4. The van der Waals surface area contributed by atoms with E-state index in [0.29, 0.717) is 10.6 Å². The lowest BCUT2D eigenvalue weighted by Crippen LogP contribution is -2.13. The van der Waals surface area contributed by atoms with Crippen molar-refractivity contribution in [3.8, 4) is 11.1 Å². The van der Waals surface area contributed by atoms with E-state index in [1.54, 1.807) is 12.1 Å². The lowest BCUT2D eigenvalue weighted by atomic mass is 10.1. The van der Waals surface area contributed by atoms with Gasteiger partial charge >= 0.3 is 6.09 Å². The molecule has 0 atom stereocenters. The zero-order valence-electron chi connectivity index (χ0n) is 12.0. The van der Waals surface area contributed by atoms with Crippen molar-refractivity contribution in [1.29, 1.82) is 0 Å². The lowest BCUT2D eigenvalue weighted by molar-refractivity contribution is 0.154. The highest BCUT2D eigenvalue weighted by molar-refractivity contribution is 6.30. The molecule has 1 amide bonds. The average Bonchev–Trinajstić information content (AvgIpc) is 3.03. The summed E-state index contributed by atoms with van der Waals surface area (Å²) in [6.45, 7) is 0.178. The number of nitrogens with zero attached hydrogens (tertiary/aromatic N) is 1. The third-order valence-electron chi connectivity index (χ3n) is 3.15. The number of nitrogens with one attached hydrogen (secondary N) is 1. The maximum atomic E-state index is 11.9. The second-order valence-electron chi connectivity index (χ2n) is 4.76. The van der Waals surface area contributed by atoms with Crippen LogP contribution in [-0.4, -0.2) is 11.2 Å². The quantitative estimate of drug-likeness (QED) is 0.751. The molecule has 1 heterocycles.